The van der Waals surface area contributed by atoms with Crippen molar-refractivity contribution in [2.75, 3.05) is 32.1 Å². The van der Waals surface area contributed by atoms with Crippen molar-refractivity contribution in [1.82, 2.24) is 5.32 Å². The molecule has 1 amide bonds. The van der Waals surface area contributed by atoms with Crippen molar-refractivity contribution in [2.45, 2.75) is 25.5 Å². The summed E-state index contributed by atoms with van der Waals surface area (Å²) in [6.45, 7) is 4.50. The van der Waals surface area contributed by atoms with Crippen molar-refractivity contribution < 1.29 is 23.8 Å². The molecule has 0 aromatic carbocycles. The number of carbonyl (C=O) groups is 2. The zero-order valence-electron chi connectivity index (χ0n) is 12.8. The summed E-state index contributed by atoms with van der Waals surface area (Å²) >= 11 is 7.52. The van der Waals surface area contributed by atoms with E-state index in [4.69, 9.17) is 26.4 Å². The minimum atomic E-state index is -0.523. The summed E-state index contributed by atoms with van der Waals surface area (Å²) in [5.41, 5.74) is 0. The van der Waals surface area contributed by atoms with Crippen LogP contribution in [0.4, 0.5) is 4.79 Å². The van der Waals surface area contributed by atoms with Crippen molar-refractivity contribution in [3.05, 3.63) is 0 Å². The van der Waals surface area contributed by atoms with Gasteiger partial charge in [0, 0.05) is 13.0 Å². The summed E-state index contributed by atoms with van der Waals surface area (Å²) in [7, 11) is 0. The molecule has 0 aliphatic heterocycles. The lowest BCUT2D eigenvalue weighted by molar-refractivity contribution is -0.143. The summed E-state index contributed by atoms with van der Waals surface area (Å²) in [6, 6.07) is 0. The van der Waals surface area contributed by atoms with Gasteiger partial charge in [-0.1, -0.05) is 11.8 Å². The van der Waals surface area contributed by atoms with E-state index in [0.29, 0.717) is 17.5 Å². The third-order valence-corrected chi connectivity index (χ3v) is 4.00. The first-order chi connectivity index (χ1) is 10.5. The average molecular weight is 369 g/mol. The van der Waals surface area contributed by atoms with Crippen molar-refractivity contribution in [3.63, 3.8) is 0 Å². The highest BCUT2D eigenvalue weighted by atomic mass is 32.2. The Morgan fingerprint density at radius 3 is 2.64 bits per heavy atom. The molecule has 0 bridgehead atoms. The fourth-order valence-electron chi connectivity index (χ4n) is 1.15. The van der Waals surface area contributed by atoms with Crippen LogP contribution in [0.5, 0.6) is 0 Å². The minimum absolute atomic E-state index is 0.00722. The fourth-order valence-corrected chi connectivity index (χ4v) is 2.69. The Hall–Kier alpha value is -0.930. The van der Waals surface area contributed by atoms with Crippen LogP contribution in [0.2, 0.25) is 0 Å². The Balaban J connectivity index is 3.68. The Morgan fingerprint density at radius 1 is 1.32 bits per heavy atom. The van der Waals surface area contributed by atoms with Crippen LogP contribution in [0.3, 0.4) is 0 Å². The molecule has 1 unspecified atom stereocenters. The van der Waals surface area contributed by atoms with E-state index in [9.17, 15) is 9.59 Å². The number of rotatable bonds is 10. The van der Waals surface area contributed by atoms with Gasteiger partial charge in [0.15, 0.2) is 23.0 Å². The summed E-state index contributed by atoms with van der Waals surface area (Å²) in [4.78, 5) is 22.9. The highest BCUT2D eigenvalue weighted by molar-refractivity contribution is 8.23. The molecular formula is C13H22NO5S3+. The van der Waals surface area contributed by atoms with E-state index in [2.05, 4.69) is 11.2 Å². The SMILES string of the molecule is C=[S+]CCCNC(=O)OCCOC(=O)C(C)SC(=S)OCC. The van der Waals surface area contributed by atoms with Gasteiger partial charge in [0.25, 0.3) is 0 Å². The molecule has 0 heterocycles. The molecule has 0 saturated heterocycles. The molecule has 0 aromatic heterocycles. The molecular weight excluding hydrogens is 346 g/mol. The first-order valence-electron chi connectivity index (χ1n) is 6.78. The third-order valence-electron chi connectivity index (χ3n) is 2.16. The van der Waals surface area contributed by atoms with E-state index in [-0.39, 0.29) is 13.2 Å². The first kappa shape index (κ1) is 21.1. The molecule has 6 nitrogen and oxygen atoms in total. The van der Waals surface area contributed by atoms with Gasteiger partial charge >= 0.3 is 12.1 Å². The number of hydrogen-bond donors (Lipinski definition) is 1. The van der Waals surface area contributed by atoms with Crippen molar-refractivity contribution in [1.29, 1.82) is 0 Å². The van der Waals surface area contributed by atoms with E-state index < -0.39 is 17.3 Å². The maximum Gasteiger partial charge on any atom is 0.407 e. The van der Waals surface area contributed by atoms with Crippen molar-refractivity contribution in [3.8, 4) is 0 Å². The number of thiocarbonyl (C=S) groups is 1. The quantitative estimate of drug-likeness (QED) is 0.272. The smallest absolute Gasteiger partial charge is 0.407 e. The second-order valence-electron chi connectivity index (χ2n) is 3.94. The summed E-state index contributed by atoms with van der Waals surface area (Å²) in [5.74, 6) is 4.07. The van der Waals surface area contributed by atoms with Gasteiger partial charge in [-0.3, -0.25) is 4.79 Å². The van der Waals surface area contributed by atoms with Crippen LogP contribution >= 0.6 is 24.0 Å². The maximum atomic E-state index is 11.6. The number of ether oxygens (including phenoxy) is 3. The Kier molecular flexibility index (Phi) is 13.1. The van der Waals surface area contributed by atoms with E-state index in [1.54, 1.807) is 6.92 Å². The van der Waals surface area contributed by atoms with Crippen LogP contribution in [-0.2, 0) is 30.4 Å². The van der Waals surface area contributed by atoms with Crippen molar-refractivity contribution in [2.24, 2.45) is 0 Å². The molecule has 0 aromatic rings. The zero-order valence-corrected chi connectivity index (χ0v) is 15.2. The summed E-state index contributed by atoms with van der Waals surface area (Å²) < 4.78 is 15.2. The maximum absolute atomic E-state index is 11.6. The Bertz CT molecular complexity index is 379. The molecule has 0 spiro atoms. The standard InChI is InChI=1S/C13H21NO5S3/c1-4-17-13(20)22-10(2)11(15)18-7-8-19-12(16)14-6-5-9-21-3/h10H,3-9H2,1-2H3/p+1. The van der Waals surface area contributed by atoms with Gasteiger partial charge in [0.05, 0.1) is 6.61 Å². The average Bonchev–Trinajstić information content (AvgIpc) is 2.48. The predicted octanol–water partition coefficient (Wildman–Crippen LogP) is 1.60. The van der Waals surface area contributed by atoms with Crippen LogP contribution in [0.25, 0.3) is 0 Å². The topological polar surface area (TPSA) is 73.9 Å². The van der Waals surface area contributed by atoms with E-state index in [0.717, 1.165) is 23.9 Å². The Morgan fingerprint density at radius 2 is 2.00 bits per heavy atom. The van der Waals surface area contributed by atoms with Crippen LogP contribution in [0.1, 0.15) is 20.3 Å². The monoisotopic (exact) mass is 368 g/mol. The molecule has 1 N–H and O–H groups in total. The van der Waals surface area contributed by atoms with Gasteiger partial charge in [0.2, 0.25) is 4.38 Å². The summed E-state index contributed by atoms with van der Waals surface area (Å²) in [5, 5.41) is 2.12. The van der Waals surface area contributed by atoms with Crippen LogP contribution in [0.15, 0.2) is 0 Å². The van der Waals surface area contributed by atoms with E-state index in [1.807, 2.05) is 6.92 Å². The normalized spacial score (nSPS) is 11.2. The van der Waals surface area contributed by atoms with Gasteiger partial charge in [-0.15, -0.1) is 0 Å². The second-order valence-corrected chi connectivity index (χ2v) is 6.69. The number of hydrogen-bond acceptors (Lipinski definition) is 7. The lowest BCUT2D eigenvalue weighted by atomic mass is 10.5. The lowest BCUT2D eigenvalue weighted by Crippen LogP contribution is -2.28. The highest BCUT2D eigenvalue weighted by Gasteiger charge is 2.18. The van der Waals surface area contributed by atoms with Gasteiger partial charge in [-0.25, -0.2) is 4.79 Å². The lowest BCUT2D eigenvalue weighted by Gasteiger charge is -2.12. The second kappa shape index (κ2) is 13.7. The van der Waals surface area contributed by atoms with E-state index in [1.165, 1.54) is 11.4 Å². The molecule has 0 fully saturated rings. The molecule has 0 aliphatic carbocycles. The van der Waals surface area contributed by atoms with Gasteiger partial charge in [-0.2, -0.15) is 0 Å². The molecule has 126 valence electrons. The van der Waals surface area contributed by atoms with E-state index >= 15 is 0 Å². The largest absolute Gasteiger partial charge is 0.479 e. The molecule has 0 saturated carbocycles. The molecule has 0 radical (unpaired) electrons. The van der Waals surface area contributed by atoms with Crippen molar-refractivity contribution >= 4 is 57.6 Å². The zero-order chi connectivity index (χ0) is 16.8. The minimum Gasteiger partial charge on any atom is -0.479 e. The molecule has 0 rings (SSSR count). The molecule has 22 heavy (non-hydrogen) atoms. The van der Waals surface area contributed by atoms with Gasteiger partial charge in [-0.05, 0) is 26.1 Å². The number of esters is 1. The predicted molar refractivity (Wildman–Crippen MR) is 95.6 cm³/mol. The number of thioether (sulfide) groups is 1. The number of amides is 1. The third kappa shape index (κ3) is 11.7. The number of alkyl carbamates (subject to hydrolysis) is 1. The van der Waals surface area contributed by atoms with Crippen LogP contribution in [-0.4, -0.2) is 59.7 Å². The van der Waals surface area contributed by atoms with Crippen LogP contribution in [0, 0.1) is 0 Å². The molecule has 9 heteroatoms. The number of carbonyl (C=O) groups excluding carboxylic acids is 2. The van der Waals surface area contributed by atoms with Crippen LogP contribution < -0.4 is 5.32 Å². The summed E-state index contributed by atoms with van der Waals surface area (Å²) in [6.07, 6.45) is 0.303. The fraction of sp³-hybridized carbons (Fsp3) is 0.692. The van der Waals surface area contributed by atoms with Gasteiger partial charge in [0.1, 0.15) is 18.5 Å². The highest BCUT2D eigenvalue weighted by Crippen LogP contribution is 2.15. The Labute approximate surface area is 144 Å². The van der Waals surface area contributed by atoms with Gasteiger partial charge < -0.3 is 19.5 Å². The molecule has 0 aliphatic rings. The first-order valence-corrected chi connectivity index (χ1v) is 9.23. The number of nitrogens with one attached hydrogen (secondary N) is 1. The molecule has 1 atom stereocenters.